The Morgan fingerprint density at radius 1 is 0.579 bits per heavy atom. The summed E-state index contributed by atoms with van der Waals surface area (Å²) in [6, 6.07) is 0. The summed E-state index contributed by atoms with van der Waals surface area (Å²) in [5, 5.41) is 0. The topological polar surface area (TPSA) is 18.5 Å². The van der Waals surface area contributed by atoms with Crippen LogP contribution in [0.2, 0.25) is 4.37 Å². The average molecular weight is 381 g/mol. The second-order valence-corrected chi connectivity index (χ2v) is 10.3. The SMILES string of the molecule is CCCCCCC[O][Sb]([CH2]C)[O]CCCCCCC. The number of hydrogen-bond acceptors (Lipinski definition) is 2. The molecule has 0 bridgehead atoms. The zero-order chi connectivity index (χ0) is 14.2. The average Bonchev–Trinajstić information content (AvgIpc) is 2.44. The Kier molecular flexibility index (Phi) is 17.4. The van der Waals surface area contributed by atoms with Crippen LogP contribution in [0.25, 0.3) is 0 Å². The monoisotopic (exact) mass is 380 g/mol. The van der Waals surface area contributed by atoms with Crippen molar-refractivity contribution in [2.24, 2.45) is 0 Å². The van der Waals surface area contributed by atoms with E-state index in [0.29, 0.717) is 0 Å². The Hall–Kier alpha value is 0.738. The summed E-state index contributed by atoms with van der Waals surface area (Å²) in [5.74, 6) is 0. The predicted molar refractivity (Wildman–Crippen MR) is 85.7 cm³/mol. The van der Waals surface area contributed by atoms with Gasteiger partial charge >= 0.3 is 130 Å². The Morgan fingerprint density at radius 2 is 1.00 bits per heavy atom. The van der Waals surface area contributed by atoms with Gasteiger partial charge in [0.1, 0.15) is 0 Å². The molecule has 3 heteroatoms. The molecule has 0 amide bonds. The normalized spacial score (nSPS) is 11.4. The van der Waals surface area contributed by atoms with Crippen molar-refractivity contribution in [2.45, 2.75) is 89.3 Å². The summed E-state index contributed by atoms with van der Waals surface area (Å²) < 4.78 is 13.1. The van der Waals surface area contributed by atoms with Gasteiger partial charge in [-0.25, -0.2) is 0 Å². The van der Waals surface area contributed by atoms with Crippen molar-refractivity contribution in [3.63, 3.8) is 0 Å². The van der Waals surface area contributed by atoms with Crippen LogP contribution in [0.3, 0.4) is 0 Å². The first-order valence-electron chi connectivity index (χ1n) is 8.38. The van der Waals surface area contributed by atoms with E-state index >= 15 is 0 Å². The van der Waals surface area contributed by atoms with Crippen molar-refractivity contribution < 1.29 is 6.03 Å². The van der Waals surface area contributed by atoms with Gasteiger partial charge < -0.3 is 0 Å². The molecule has 0 spiro atoms. The fraction of sp³-hybridized carbons (Fsp3) is 1.00. The molecule has 0 aliphatic heterocycles. The van der Waals surface area contributed by atoms with Gasteiger partial charge in [0.15, 0.2) is 0 Å². The maximum absolute atomic E-state index is 5.96. The van der Waals surface area contributed by atoms with Gasteiger partial charge in [-0.2, -0.15) is 0 Å². The summed E-state index contributed by atoms with van der Waals surface area (Å²) in [4.78, 5) is 0. The first-order chi connectivity index (χ1) is 9.35. The van der Waals surface area contributed by atoms with Gasteiger partial charge in [0.2, 0.25) is 0 Å². The van der Waals surface area contributed by atoms with E-state index in [4.69, 9.17) is 6.03 Å². The summed E-state index contributed by atoms with van der Waals surface area (Å²) in [6.45, 7) is 8.61. The molecule has 0 fully saturated rings. The molecular formula is C16H35O2Sb. The molecule has 19 heavy (non-hydrogen) atoms. The minimum atomic E-state index is -1.76. The molecule has 0 radical (unpaired) electrons. The van der Waals surface area contributed by atoms with E-state index in [1.54, 1.807) is 0 Å². The predicted octanol–water partition coefficient (Wildman–Crippen LogP) is 5.47. The molecule has 0 aromatic carbocycles. The van der Waals surface area contributed by atoms with E-state index in [2.05, 4.69) is 20.8 Å². The van der Waals surface area contributed by atoms with E-state index in [1.165, 1.54) is 64.2 Å². The molecule has 0 rings (SSSR count). The van der Waals surface area contributed by atoms with E-state index in [9.17, 15) is 0 Å². The van der Waals surface area contributed by atoms with Gasteiger partial charge in [0, 0.05) is 0 Å². The van der Waals surface area contributed by atoms with Crippen LogP contribution >= 0.6 is 0 Å². The molecule has 0 saturated carbocycles. The first-order valence-corrected chi connectivity index (χ1v) is 12.3. The molecule has 0 N–H and O–H groups in total. The molecule has 0 atom stereocenters. The Morgan fingerprint density at radius 3 is 1.37 bits per heavy atom. The molecule has 0 saturated heterocycles. The van der Waals surface area contributed by atoms with E-state index in [-0.39, 0.29) is 0 Å². The van der Waals surface area contributed by atoms with Gasteiger partial charge in [0.05, 0.1) is 0 Å². The Bertz CT molecular complexity index is 149. The van der Waals surface area contributed by atoms with Crippen LogP contribution in [0.1, 0.15) is 85.0 Å². The Labute approximate surface area is 129 Å². The number of hydrogen-bond donors (Lipinski definition) is 0. The molecule has 2 nitrogen and oxygen atoms in total. The minimum absolute atomic E-state index is 0.941. The summed E-state index contributed by atoms with van der Waals surface area (Å²) in [6.07, 6.45) is 13.2. The second kappa shape index (κ2) is 16.8. The molecule has 0 aliphatic rings. The van der Waals surface area contributed by atoms with Crippen molar-refractivity contribution in [3.05, 3.63) is 0 Å². The maximum atomic E-state index is 5.96. The van der Waals surface area contributed by atoms with Gasteiger partial charge in [-0.05, 0) is 0 Å². The van der Waals surface area contributed by atoms with Crippen LogP contribution in [0, 0.1) is 0 Å². The van der Waals surface area contributed by atoms with Crippen molar-refractivity contribution in [1.29, 1.82) is 0 Å². The molecule has 116 valence electrons. The second-order valence-electron chi connectivity index (χ2n) is 5.14. The molecule has 0 aromatic heterocycles. The van der Waals surface area contributed by atoms with E-state index in [0.717, 1.165) is 17.6 Å². The summed E-state index contributed by atoms with van der Waals surface area (Å²) >= 11 is -1.76. The van der Waals surface area contributed by atoms with E-state index in [1.807, 2.05) is 0 Å². The molecule has 0 unspecified atom stereocenters. The quantitative estimate of drug-likeness (QED) is 0.277. The number of unbranched alkanes of at least 4 members (excludes halogenated alkanes) is 8. The third-order valence-electron chi connectivity index (χ3n) is 3.22. The van der Waals surface area contributed by atoms with Crippen molar-refractivity contribution in [2.75, 3.05) is 13.2 Å². The van der Waals surface area contributed by atoms with Gasteiger partial charge in [-0.3, -0.25) is 0 Å². The Balaban J connectivity index is 3.30. The van der Waals surface area contributed by atoms with E-state index < -0.39 is 21.1 Å². The van der Waals surface area contributed by atoms with Crippen LogP contribution in [-0.2, 0) is 6.03 Å². The van der Waals surface area contributed by atoms with Crippen molar-refractivity contribution >= 4 is 21.1 Å². The molecular weight excluding hydrogens is 346 g/mol. The van der Waals surface area contributed by atoms with Gasteiger partial charge in [-0.15, -0.1) is 0 Å². The molecule has 0 aromatic rings. The van der Waals surface area contributed by atoms with Crippen LogP contribution in [0.5, 0.6) is 0 Å². The van der Waals surface area contributed by atoms with Crippen molar-refractivity contribution in [1.82, 2.24) is 0 Å². The standard InChI is InChI=1S/2C7H15O.C2H5.Sb/c2*1-2-3-4-5-6-7-8;1-2;/h2*2-7H2,1H3;1H2,2H3;/q2*-1;;+2. The summed E-state index contributed by atoms with van der Waals surface area (Å²) in [7, 11) is 0. The van der Waals surface area contributed by atoms with Crippen LogP contribution < -0.4 is 0 Å². The zero-order valence-electron chi connectivity index (χ0n) is 13.5. The fourth-order valence-electron chi connectivity index (χ4n) is 1.96. The number of rotatable bonds is 15. The van der Waals surface area contributed by atoms with Gasteiger partial charge in [0.25, 0.3) is 0 Å². The van der Waals surface area contributed by atoms with Gasteiger partial charge in [-0.1, -0.05) is 0 Å². The molecule has 0 aliphatic carbocycles. The fourth-order valence-corrected chi connectivity index (χ4v) is 5.12. The summed E-state index contributed by atoms with van der Waals surface area (Å²) in [5.41, 5.74) is 0. The third kappa shape index (κ3) is 15.0. The van der Waals surface area contributed by atoms with Crippen LogP contribution in [0.4, 0.5) is 0 Å². The molecule has 0 heterocycles. The zero-order valence-corrected chi connectivity index (χ0v) is 16.0. The van der Waals surface area contributed by atoms with Crippen LogP contribution in [0.15, 0.2) is 0 Å². The first kappa shape index (κ1) is 19.7. The van der Waals surface area contributed by atoms with Crippen LogP contribution in [-0.4, -0.2) is 34.3 Å². The van der Waals surface area contributed by atoms with Crippen molar-refractivity contribution in [3.8, 4) is 0 Å². The third-order valence-corrected chi connectivity index (χ3v) is 7.38.